The third kappa shape index (κ3) is 2.52. The maximum Gasteiger partial charge on any atom is 0.221 e. The first-order valence-corrected chi connectivity index (χ1v) is 6.66. The minimum Gasteiger partial charge on any atom is -0.481 e. The molecule has 5 nitrogen and oxygen atoms in total. The van der Waals surface area contributed by atoms with Crippen LogP contribution in [0.1, 0.15) is 5.56 Å². The van der Waals surface area contributed by atoms with Crippen molar-refractivity contribution in [2.24, 2.45) is 0 Å². The standard InChI is InChI=1S/C11H16BrN3O2/c1-8-10(13-7-14-11(8)16-2)15-3-4-17-6-9(15)5-12/h7,9H,3-6H2,1-2H3. The maximum atomic E-state index is 5.47. The predicted octanol–water partition coefficient (Wildman–Crippen LogP) is 1.39. The highest BCUT2D eigenvalue weighted by molar-refractivity contribution is 9.09. The summed E-state index contributed by atoms with van der Waals surface area (Å²) in [6.07, 6.45) is 1.54. The lowest BCUT2D eigenvalue weighted by Gasteiger charge is -2.36. The molecule has 2 heterocycles. The molecule has 0 bridgehead atoms. The van der Waals surface area contributed by atoms with E-state index in [4.69, 9.17) is 9.47 Å². The molecule has 17 heavy (non-hydrogen) atoms. The van der Waals surface area contributed by atoms with Crippen LogP contribution in [-0.2, 0) is 4.74 Å². The van der Waals surface area contributed by atoms with Gasteiger partial charge in [0.15, 0.2) is 0 Å². The van der Waals surface area contributed by atoms with Gasteiger partial charge in [-0.3, -0.25) is 0 Å². The molecule has 0 radical (unpaired) electrons. The van der Waals surface area contributed by atoms with E-state index in [0.717, 1.165) is 36.5 Å². The maximum absolute atomic E-state index is 5.47. The number of aromatic nitrogens is 2. The van der Waals surface area contributed by atoms with Crippen LogP contribution in [-0.4, -0.2) is 48.2 Å². The number of alkyl halides is 1. The van der Waals surface area contributed by atoms with Gasteiger partial charge in [-0.05, 0) is 6.92 Å². The number of nitrogens with zero attached hydrogens (tertiary/aromatic N) is 3. The molecule has 0 aromatic carbocycles. The molecule has 0 spiro atoms. The van der Waals surface area contributed by atoms with Crippen LogP contribution in [0.15, 0.2) is 6.33 Å². The van der Waals surface area contributed by atoms with Crippen molar-refractivity contribution >= 4 is 21.7 Å². The van der Waals surface area contributed by atoms with E-state index in [2.05, 4.69) is 30.8 Å². The van der Waals surface area contributed by atoms with Gasteiger partial charge in [-0.1, -0.05) is 15.9 Å². The van der Waals surface area contributed by atoms with E-state index in [1.54, 1.807) is 13.4 Å². The van der Waals surface area contributed by atoms with Gasteiger partial charge in [0.05, 0.1) is 31.9 Å². The van der Waals surface area contributed by atoms with Crippen molar-refractivity contribution in [1.29, 1.82) is 0 Å². The van der Waals surface area contributed by atoms with Crippen LogP contribution in [0.2, 0.25) is 0 Å². The van der Waals surface area contributed by atoms with Crippen molar-refractivity contribution in [2.45, 2.75) is 13.0 Å². The Hall–Kier alpha value is -0.880. The Morgan fingerprint density at radius 1 is 1.59 bits per heavy atom. The molecule has 0 amide bonds. The van der Waals surface area contributed by atoms with Crippen LogP contribution in [0.3, 0.4) is 0 Å². The number of halogens is 1. The molecule has 1 saturated heterocycles. The molecule has 1 aliphatic rings. The molecule has 1 aromatic heterocycles. The van der Waals surface area contributed by atoms with Crippen molar-refractivity contribution in [3.8, 4) is 5.88 Å². The first-order valence-electron chi connectivity index (χ1n) is 5.54. The SMILES string of the molecule is COc1ncnc(N2CCOCC2CBr)c1C. The molecule has 94 valence electrons. The fraction of sp³-hybridized carbons (Fsp3) is 0.636. The number of anilines is 1. The van der Waals surface area contributed by atoms with E-state index in [1.807, 2.05) is 6.92 Å². The molecule has 1 aliphatic heterocycles. The van der Waals surface area contributed by atoms with Crippen molar-refractivity contribution in [2.75, 3.05) is 37.1 Å². The zero-order valence-corrected chi connectivity index (χ0v) is 11.6. The third-order valence-electron chi connectivity index (χ3n) is 2.88. The van der Waals surface area contributed by atoms with Gasteiger partial charge in [-0.15, -0.1) is 0 Å². The normalized spacial score (nSPS) is 20.4. The highest BCUT2D eigenvalue weighted by atomic mass is 79.9. The van der Waals surface area contributed by atoms with Crippen LogP contribution in [0, 0.1) is 6.92 Å². The topological polar surface area (TPSA) is 47.5 Å². The molecule has 1 unspecified atom stereocenters. The summed E-state index contributed by atoms with van der Waals surface area (Å²) in [5.41, 5.74) is 0.975. The Balaban J connectivity index is 2.31. The summed E-state index contributed by atoms with van der Waals surface area (Å²) in [6, 6.07) is 0.307. The van der Waals surface area contributed by atoms with Gasteiger partial charge < -0.3 is 14.4 Å². The summed E-state index contributed by atoms with van der Waals surface area (Å²) in [4.78, 5) is 10.7. The summed E-state index contributed by atoms with van der Waals surface area (Å²) in [5, 5.41) is 0.860. The number of ether oxygens (including phenoxy) is 2. The van der Waals surface area contributed by atoms with Gasteiger partial charge in [0.25, 0.3) is 0 Å². The monoisotopic (exact) mass is 301 g/mol. The molecule has 1 aromatic rings. The largest absolute Gasteiger partial charge is 0.481 e. The smallest absolute Gasteiger partial charge is 0.221 e. The Kier molecular flexibility index (Phi) is 4.17. The van der Waals surface area contributed by atoms with E-state index >= 15 is 0 Å². The molecule has 1 fully saturated rings. The number of hydrogen-bond acceptors (Lipinski definition) is 5. The summed E-state index contributed by atoms with van der Waals surface area (Å²) in [7, 11) is 1.63. The first-order chi connectivity index (χ1) is 8.27. The fourth-order valence-electron chi connectivity index (χ4n) is 1.98. The van der Waals surface area contributed by atoms with E-state index in [-0.39, 0.29) is 0 Å². The first kappa shape index (κ1) is 12.6. The average molecular weight is 302 g/mol. The third-order valence-corrected chi connectivity index (χ3v) is 3.63. The molecule has 1 atom stereocenters. The summed E-state index contributed by atoms with van der Waals surface area (Å²) >= 11 is 3.51. The Morgan fingerprint density at radius 3 is 3.12 bits per heavy atom. The van der Waals surface area contributed by atoms with Crippen LogP contribution >= 0.6 is 15.9 Å². The highest BCUT2D eigenvalue weighted by Gasteiger charge is 2.25. The van der Waals surface area contributed by atoms with Gasteiger partial charge in [0, 0.05) is 11.9 Å². The summed E-state index contributed by atoms with van der Waals surface area (Å²) in [5.74, 6) is 1.57. The van der Waals surface area contributed by atoms with Crippen LogP contribution in [0.25, 0.3) is 0 Å². The number of hydrogen-bond donors (Lipinski definition) is 0. The lowest BCUT2D eigenvalue weighted by molar-refractivity contribution is 0.0999. The summed E-state index contributed by atoms with van der Waals surface area (Å²) in [6.45, 7) is 4.28. The zero-order valence-electron chi connectivity index (χ0n) is 10.0. The molecule has 6 heteroatoms. The van der Waals surface area contributed by atoms with Gasteiger partial charge in [0.1, 0.15) is 12.1 Å². The second kappa shape index (κ2) is 5.64. The minimum absolute atomic E-state index is 0.307. The number of methoxy groups -OCH3 is 1. The van der Waals surface area contributed by atoms with Gasteiger partial charge in [-0.2, -0.15) is 0 Å². The Bertz CT molecular complexity index is 389. The molecular weight excluding hydrogens is 286 g/mol. The lowest BCUT2D eigenvalue weighted by Crippen LogP contribution is -2.47. The van der Waals surface area contributed by atoms with Crippen molar-refractivity contribution in [3.05, 3.63) is 11.9 Å². The Labute approximate surface area is 109 Å². The van der Waals surface area contributed by atoms with Crippen molar-refractivity contribution in [1.82, 2.24) is 9.97 Å². The summed E-state index contributed by atoms with van der Waals surface area (Å²) < 4.78 is 10.7. The number of morpholine rings is 1. The molecule has 0 saturated carbocycles. The van der Waals surface area contributed by atoms with E-state index in [0.29, 0.717) is 11.9 Å². The van der Waals surface area contributed by atoms with Crippen LogP contribution < -0.4 is 9.64 Å². The predicted molar refractivity (Wildman–Crippen MR) is 69.1 cm³/mol. The second-order valence-electron chi connectivity index (χ2n) is 3.91. The average Bonchev–Trinajstić information content (AvgIpc) is 2.39. The molecular formula is C11H16BrN3O2. The quantitative estimate of drug-likeness (QED) is 0.790. The molecule has 2 rings (SSSR count). The van der Waals surface area contributed by atoms with Gasteiger partial charge in [-0.25, -0.2) is 9.97 Å². The van der Waals surface area contributed by atoms with E-state index in [9.17, 15) is 0 Å². The van der Waals surface area contributed by atoms with Crippen molar-refractivity contribution in [3.63, 3.8) is 0 Å². The van der Waals surface area contributed by atoms with Crippen LogP contribution in [0.5, 0.6) is 5.88 Å². The molecule has 0 aliphatic carbocycles. The van der Waals surface area contributed by atoms with Crippen LogP contribution in [0.4, 0.5) is 5.82 Å². The minimum atomic E-state index is 0.307. The van der Waals surface area contributed by atoms with E-state index in [1.165, 1.54) is 0 Å². The number of rotatable bonds is 3. The van der Waals surface area contributed by atoms with E-state index < -0.39 is 0 Å². The van der Waals surface area contributed by atoms with Gasteiger partial charge in [0.2, 0.25) is 5.88 Å². The zero-order chi connectivity index (χ0) is 12.3. The van der Waals surface area contributed by atoms with Crippen molar-refractivity contribution < 1.29 is 9.47 Å². The fourth-order valence-corrected chi connectivity index (χ4v) is 2.52. The highest BCUT2D eigenvalue weighted by Crippen LogP contribution is 2.26. The molecule has 0 N–H and O–H groups in total. The lowest BCUT2D eigenvalue weighted by atomic mass is 10.2. The Morgan fingerprint density at radius 2 is 2.41 bits per heavy atom. The van der Waals surface area contributed by atoms with Gasteiger partial charge >= 0.3 is 0 Å². The second-order valence-corrected chi connectivity index (χ2v) is 4.56.